The first-order valence-electron chi connectivity index (χ1n) is 8.30. The van der Waals surface area contributed by atoms with Gasteiger partial charge in [-0.05, 0) is 48.4 Å². The first kappa shape index (κ1) is 17.4. The molecule has 2 N–H and O–H groups in total. The van der Waals surface area contributed by atoms with Crippen molar-refractivity contribution in [1.29, 1.82) is 0 Å². The van der Waals surface area contributed by atoms with Crippen molar-refractivity contribution in [3.63, 3.8) is 0 Å². The minimum Gasteiger partial charge on any atom is -0.497 e. The van der Waals surface area contributed by atoms with Gasteiger partial charge in [0.2, 0.25) is 0 Å². The van der Waals surface area contributed by atoms with E-state index in [4.69, 9.17) is 4.74 Å². The fraction of sp³-hybridized carbons (Fsp3) is 0.150. The summed E-state index contributed by atoms with van der Waals surface area (Å²) in [5, 5.41) is 6.05. The van der Waals surface area contributed by atoms with Crippen molar-refractivity contribution >= 4 is 17.4 Å². The van der Waals surface area contributed by atoms with Gasteiger partial charge in [-0.25, -0.2) is 4.98 Å². The summed E-state index contributed by atoms with van der Waals surface area (Å²) >= 11 is 0. The molecule has 3 rings (SSSR count). The molecule has 0 aliphatic heterocycles. The van der Waals surface area contributed by atoms with Crippen molar-refractivity contribution in [3.05, 3.63) is 78.2 Å². The van der Waals surface area contributed by atoms with Crippen LogP contribution in [-0.2, 0) is 6.42 Å². The van der Waals surface area contributed by atoms with Crippen molar-refractivity contribution in [1.82, 2.24) is 15.3 Å². The normalized spacial score (nSPS) is 10.2. The maximum atomic E-state index is 12.3. The van der Waals surface area contributed by atoms with Gasteiger partial charge in [0.25, 0.3) is 5.91 Å². The molecule has 0 radical (unpaired) electrons. The van der Waals surface area contributed by atoms with Crippen LogP contribution in [0.25, 0.3) is 0 Å². The third-order valence-electron chi connectivity index (χ3n) is 3.79. The number of hydrogen-bond acceptors (Lipinski definition) is 5. The second-order valence-corrected chi connectivity index (χ2v) is 5.62. The molecule has 1 aromatic carbocycles. The Morgan fingerprint density at radius 1 is 1.04 bits per heavy atom. The highest BCUT2D eigenvalue weighted by molar-refractivity contribution is 5.92. The molecular weight excluding hydrogens is 328 g/mol. The summed E-state index contributed by atoms with van der Waals surface area (Å²) < 4.78 is 5.14. The molecule has 26 heavy (non-hydrogen) atoms. The number of benzene rings is 1. The van der Waals surface area contributed by atoms with E-state index in [9.17, 15) is 4.79 Å². The van der Waals surface area contributed by atoms with E-state index in [1.165, 1.54) is 0 Å². The predicted octanol–water partition coefficient (Wildman–Crippen LogP) is 3.20. The van der Waals surface area contributed by atoms with Crippen molar-refractivity contribution in [2.45, 2.75) is 6.42 Å². The monoisotopic (exact) mass is 348 g/mol. The van der Waals surface area contributed by atoms with Gasteiger partial charge in [-0.1, -0.05) is 18.2 Å². The molecule has 0 atom stereocenters. The average molecular weight is 348 g/mol. The molecule has 0 saturated heterocycles. The number of ether oxygens (including phenoxy) is 1. The summed E-state index contributed by atoms with van der Waals surface area (Å²) in [7, 11) is 1.64. The van der Waals surface area contributed by atoms with Gasteiger partial charge in [-0.15, -0.1) is 0 Å². The predicted molar refractivity (Wildman–Crippen MR) is 101 cm³/mol. The Kier molecular flexibility index (Phi) is 5.77. The number of nitrogens with one attached hydrogen (secondary N) is 2. The summed E-state index contributed by atoms with van der Waals surface area (Å²) in [4.78, 5) is 20.6. The zero-order chi connectivity index (χ0) is 18.2. The third kappa shape index (κ3) is 4.80. The highest BCUT2D eigenvalue weighted by Crippen LogP contribution is 2.14. The lowest BCUT2D eigenvalue weighted by Crippen LogP contribution is -2.26. The molecule has 0 saturated carbocycles. The van der Waals surface area contributed by atoms with E-state index in [0.29, 0.717) is 18.1 Å². The molecule has 2 aromatic heterocycles. The molecule has 0 spiro atoms. The van der Waals surface area contributed by atoms with Crippen molar-refractivity contribution < 1.29 is 9.53 Å². The average Bonchev–Trinajstić information content (AvgIpc) is 2.69. The van der Waals surface area contributed by atoms with E-state index in [-0.39, 0.29) is 5.91 Å². The van der Waals surface area contributed by atoms with Gasteiger partial charge < -0.3 is 15.4 Å². The van der Waals surface area contributed by atoms with E-state index in [1.807, 2.05) is 42.5 Å². The molecule has 0 bridgehead atoms. The third-order valence-corrected chi connectivity index (χ3v) is 3.79. The number of nitrogens with zero attached hydrogens (tertiary/aromatic N) is 2. The number of amides is 1. The van der Waals surface area contributed by atoms with Gasteiger partial charge in [0.15, 0.2) is 0 Å². The highest BCUT2D eigenvalue weighted by atomic mass is 16.5. The van der Waals surface area contributed by atoms with Crippen molar-refractivity contribution in [2.24, 2.45) is 0 Å². The van der Waals surface area contributed by atoms with E-state index in [0.717, 1.165) is 23.4 Å². The van der Waals surface area contributed by atoms with Crippen LogP contribution in [0, 0.1) is 0 Å². The molecule has 2 heterocycles. The largest absolute Gasteiger partial charge is 0.497 e. The Balaban J connectivity index is 1.55. The van der Waals surface area contributed by atoms with Gasteiger partial charge in [0.1, 0.15) is 17.3 Å². The van der Waals surface area contributed by atoms with Crippen LogP contribution in [-0.4, -0.2) is 29.5 Å². The molecule has 0 aliphatic rings. The topological polar surface area (TPSA) is 76.1 Å². The lowest BCUT2D eigenvalue weighted by molar-refractivity contribution is 0.0949. The standard InChI is InChI=1S/C20H20N4O2/c1-26-17-7-5-15(6-8-17)9-14-22-20(25)18-3-2-4-19(24-18)23-16-10-12-21-13-11-16/h2-8,10-13H,9,14H2,1H3,(H,22,25)(H,21,23,24). The zero-order valence-corrected chi connectivity index (χ0v) is 14.5. The quantitative estimate of drug-likeness (QED) is 0.686. The Hall–Kier alpha value is -3.41. The van der Waals surface area contributed by atoms with Crippen LogP contribution < -0.4 is 15.4 Å². The second kappa shape index (κ2) is 8.62. The van der Waals surface area contributed by atoms with Crippen LogP contribution in [0.2, 0.25) is 0 Å². The number of anilines is 2. The summed E-state index contributed by atoms with van der Waals surface area (Å²) in [6.07, 6.45) is 4.13. The fourth-order valence-corrected chi connectivity index (χ4v) is 2.42. The van der Waals surface area contributed by atoms with Crippen LogP contribution in [0.4, 0.5) is 11.5 Å². The molecule has 6 nitrogen and oxygen atoms in total. The van der Waals surface area contributed by atoms with Gasteiger partial charge in [0.05, 0.1) is 7.11 Å². The van der Waals surface area contributed by atoms with E-state index in [2.05, 4.69) is 20.6 Å². The number of methoxy groups -OCH3 is 1. The molecule has 3 aromatic rings. The number of carbonyl (C=O) groups excluding carboxylic acids is 1. The van der Waals surface area contributed by atoms with Crippen molar-refractivity contribution in [3.8, 4) is 5.75 Å². The minimum absolute atomic E-state index is 0.197. The summed E-state index contributed by atoms with van der Waals surface area (Å²) in [6.45, 7) is 0.537. The van der Waals surface area contributed by atoms with E-state index in [1.54, 1.807) is 31.6 Å². The Bertz CT molecular complexity index is 851. The first-order valence-corrected chi connectivity index (χ1v) is 8.30. The number of rotatable bonds is 7. The van der Waals surface area contributed by atoms with Gasteiger partial charge in [-0.3, -0.25) is 9.78 Å². The molecule has 0 aliphatic carbocycles. The van der Waals surface area contributed by atoms with E-state index < -0.39 is 0 Å². The van der Waals surface area contributed by atoms with Gasteiger partial charge >= 0.3 is 0 Å². The maximum Gasteiger partial charge on any atom is 0.269 e. The number of aromatic nitrogens is 2. The van der Waals surface area contributed by atoms with Gasteiger partial charge in [-0.2, -0.15) is 0 Å². The number of pyridine rings is 2. The number of hydrogen-bond donors (Lipinski definition) is 2. The zero-order valence-electron chi connectivity index (χ0n) is 14.5. The molecule has 1 amide bonds. The molecular formula is C20H20N4O2. The number of carbonyl (C=O) groups is 1. The molecule has 6 heteroatoms. The van der Waals surface area contributed by atoms with Gasteiger partial charge in [0, 0.05) is 24.6 Å². The van der Waals surface area contributed by atoms with E-state index >= 15 is 0 Å². The second-order valence-electron chi connectivity index (χ2n) is 5.62. The Morgan fingerprint density at radius 3 is 2.54 bits per heavy atom. The summed E-state index contributed by atoms with van der Waals surface area (Å²) in [6, 6.07) is 16.8. The highest BCUT2D eigenvalue weighted by Gasteiger charge is 2.08. The maximum absolute atomic E-state index is 12.3. The fourth-order valence-electron chi connectivity index (χ4n) is 2.42. The lowest BCUT2D eigenvalue weighted by atomic mass is 10.1. The minimum atomic E-state index is -0.197. The first-order chi connectivity index (χ1) is 12.7. The summed E-state index contributed by atoms with van der Waals surface area (Å²) in [5.74, 6) is 1.23. The van der Waals surface area contributed by atoms with Crippen LogP contribution in [0.5, 0.6) is 5.75 Å². The van der Waals surface area contributed by atoms with Crippen LogP contribution in [0.1, 0.15) is 16.1 Å². The Morgan fingerprint density at radius 2 is 1.81 bits per heavy atom. The van der Waals surface area contributed by atoms with Crippen molar-refractivity contribution in [2.75, 3.05) is 19.0 Å². The lowest BCUT2D eigenvalue weighted by Gasteiger charge is -2.08. The smallest absolute Gasteiger partial charge is 0.269 e. The summed E-state index contributed by atoms with van der Waals surface area (Å²) in [5.41, 5.74) is 2.37. The van der Waals surface area contributed by atoms with Crippen LogP contribution >= 0.6 is 0 Å². The SMILES string of the molecule is COc1ccc(CCNC(=O)c2cccc(Nc3ccncc3)n2)cc1. The molecule has 0 unspecified atom stereocenters. The van der Waals surface area contributed by atoms with Crippen LogP contribution in [0.15, 0.2) is 67.0 Å². The molecule has 0 fully saturated rings. The Labute approximate surface area is 152 Å². The molecule has 132 valence electrons. The van der Waals surface area contributed by atoms with Crippen LogP contribution in [0.3, 0.4) is 0 Å².